The zero-order chi connectivity index (χ0) is 24.7. The van der Waals surface area contributed by atoms with E-state index in [-0.39, 0.29) is 5.91 Å². The second-order valence-electron chi connectivity index (χ2n) is 8.83. The van der Waals surface area contributed by atoms with Crippen molar-refractivity contribution in [2.45, 2.75) is 6.92 Å². The Hall–Kier alpha value is -3.91. The number of nitrogens with zero attached hydrogens (tertiary/aromatic N) is 2. The van der Waals surface area contributed by atoms with Crippen LogP contribution in [0, 0.1) is 5.82 Å². The number of likely N-dealkylation sites (N-methyl/N-ethyl adjacent to an activating group) is 1. The Kier molecular flexibility index (Phi) is 5.90. The summed E-state index contributed by atoms with van der Waals surface area (Å²) in [5.74, 6) is -0.483. The lowest BCUT2D eigenvalue weighted by Gasteiger charge is -2.32. The standard InChI is InChI=1S/C27H27FN4O3/c1-3-35-17-5-9-22(28)21(15-17)18-7-8-20(26(29)33)25-24(18)19-6-4-16(14-23(19)30-25)27(34)32-12-10-31(2)11-13-32/h4-9,14-15,30H,3,10-13H2,1-2H3,(H2,29,33). The third-order valence-electron chi connectivity index (χ3n) is 6.60. The van der Waals surface area contributed by atoms with Crippen LogP contribution in [0.5, 0.6) is 5.75 Å². The van der Waals surface area contributed by atoms with Crippen LogP contribution in [-0.2, 0) is 0 Å². The van der Waals surface area contributed by atoms with Gasteiger partial charge in [0.2, 0.25) is 0 Å². The molecule has 0 radical (unpaired) electrons. The van der Waals surface area contributed by atoms with E-state index in [1.165, 1.54) is 6.07 Å². The number of hydrogen-bond donors (Lipinski definition) is 2. The van der Waals surface area contributed by atoms with E-state index in [9.17, 15) is 14.0 Å². The molecule has 1 saturated heterocycles. The van der Waals surface area contributed by atoms with E-state index >= 15 is 0 Å². The van der Waals surface area contributed by atoms with Gasteiger partial charge in [-0.2, -0.15) is 0 Å². The number of nitrogens with two attached hydrogens (primary N) is 1. The van der Waals surface area contributed by atoms with Crippen LogP contribution in [-0.4, -0.2) is 66.4 Å². The highest BCUT2D eigenvalue weighted by Crippen LogP contribution is 2.39. The first-order valence-corrected chi connectivity index (χ1v) is 11.7. The highest BCUT2D eigenvalue weighted by molar-refractivity contribution is 6.20. The molecule has 0 bridgehead atoms. The lowest BCUT2D eigenvalue weighted by Crippen LogP contribution is -2.47. The fourth-order valence-corrected chi connectivity index (χ4v) is 4.73. The zero-order valence-corrected chi connectivity index (χ0v) is 19.7. The molecule has 1 aromatic heterocycles. The largest absolute Gasteiger partial charge is 0.494 e. The third-order valence-corrected chi connectivity index (χ3v) is 6.60. The number of halogens is 1. The number of aromatic nitrogens is 1. The predicted molar refractivity (Wildman–Crippen MR) is 134 cm³/mol. The van der Waals surface area contributed by atoms with Gasteiger partial charge in [0.1, 0.15) is 11.6 Å². The number of primary amides is 1. The van der Waals surface area contributed by atoms with Crippen molar-refractivity contribution in [1.29, 1.82) is 0 Å². The Morgan fingerprint density at radius 1 is 1.03 bits per heavy atom. The summed E-state index contributed by atoms with van der Waals surface area (Å²) >= 11 is 0. The van der Waals surface area contributed by atoms with Crippen molar-refractivity contribution in [2.75, 3.05) is 39.8 Å². The molecule has 0 spiro atoms. The number of H-pyrrole nitrogens is 1. The number of piperazine rings is 1. The van der Waals surface area contributed by atoms with Crippen LogP contribution in [0.1, 0.15) is 27.6 Å². The summed E-state index contributed by atoms with van der Waals surface area (Å²) in [4.78, 5) is 32.6. The number of rotatable bonds is 5. The number of fused-ring (bicyclic) bond motifs is 3. The van der Waals surface area contributed by atoms with Gasteiger partial charge in [0, 0.05) is 53.6 Å². The summed E-state index contributed by atoms with van der Waals surface area (Å²) in [7, 11) is 2.04. The normalized spacial score (nSPS) is 14.5. The fourth-order valence-electron chi connectivity index (χ4n) is 4.73. The van der Waals surface area contributed by atoms with Crippen LogP contribution in [0.25, 0.3) is 32.9 Å². The quantitative estimate of drug-likeness (QED) is 0.457. The minimum atomic E-state index is -0.592. The number of ether oxygens (including phenoxy) is 1. The maximum Gasteiger partial charge on any atom is 0.254 e. The first-order chi connectivity index (χ1) is 16.9. The Balaban J connectivity index is 1.67. The fraction of sp³-hybridized carbons (Fsp3) is 0.259. The van der Waals surface area contributed by atoms with Gasteiger partial charge in [0.05, 0.1) is 17.7 Å². The number of nitrogens with one attached hydrogen (secondary N) is 1. The van der Waals surface area contributed by atoms with Crippen molar-refractivity contribution in [3.63, 3.8) is 0 Å². The molecule has 0 atom stereocenters. The Morgan fingerprint density at radius 2 is 1.80 bits per heavy atom. The first kappa shape index (κ1) is 22.9. The molecule has 5 rings (SSSR count). The summed E-state index contributed by atoms with van der Waals surface area (Å²) in [5.41, 5.74) is 8.66. The van der Waals surface area contributed by atoms with Crippen LogP contribution >= 0.6 is 0 Å². The van der Waals surface area contributed by atoms with Crippen LogP contribution in [0.15, 0.2) is 48.5 Å². The van der Waals surface area contributed by atoms with Crippen molar-refractivity contribution in [3.05, 3.63) is 65.5 Å². The molecule has 3 aromatic carbocycles. The van der Waals surface area contributed by atoms with Crippen molar-refractivity contribution < 1.29 is 18.7 Å². The van der Waals surface area contributed by atoms with Gasteiger partial charge in [-0.1, -0.05) is 12.1 Å². The van der Waals surface area contributed by atoms with Crippen molar-refractivity contribution in [1.82, 2.24) is 14.8 Å². The Morgan fingerprint density at radius 3 is 2.51 bits per heavy atom. The van der Waals surface area contributed by atoms with Gasteiger partial charge >= 0.3 is 0 Å². The Bertz CT molecular complexity index is 1450. The molecule has 3 N–H and O–H groups in total. The molecule has 0 aliphatic carbocycles. The van der Waals surface area contributed by atoms with Gasteiger partial charge in [-0.25, -0.2) is 4.39 Å². The van der Waals surface area contributed by atoms with E-state index in [0.29, 0.717) is 64.1 Å². The molecule has 7 nitrogen and oxygen atoms in total. The molecule has 8 heteroatoms. The molecule has 2 heterocycles. The number of aromatic amines is 1. The van der Waals surface area contributed by atoms with Gasteiger partial charge < -0.3 is 25.3 Å². The smallest absolute Gasteiger partial charge is 0.254 e. The van der Waals surface area contributed by atoms with Crippen LogP contribution in [0.3, 0.4) is 0 Å². The van der Waals surface area contributed by atoms with Crippen LogP contribution in [0.2, 0.25) is 0 Å². The molecular weight excluding hydrogens is 447 g/mol. The van der Waals surface area contributed by atoms with Gasteiger partial charge in [0.15, 0.2) is 0 Å². The highest BCUT2D eigenvalue weighted by atomic mass is 19.1. The molecule has 180 valence electrons. The summed E-state index contributed by atoms with van der Waals surface area (Å²) in [5, 5.41) is 1.44. The lowest BCUT2D eigenvalue weighted by molar-refractivity contribution is 0.0664. The highest BCUT2D eigenvalue weighted by Gasteiger charge is 2.23. The van der Waals surface area contributed by atoms with E-state index in [0.717, 1.165) is 18.5 Å². The van der Waals surface area contributed by atoms with Crippen molar-refractivity contribution in [2.24, 2.45) is 5.73 Å². The second-order valence-corrected chi connectivity index (χ2v) is 8.83. The molecule has 1 fully saturated rings. The van der Waals surface area contributed by atoms with Gasteiger partial charge in [-0.3, -0.25) is 9.59 Å². The van der Waals surface area contributed by atoms with Gasteiger partial charge in [0.25, 0.3) is 11.8 Å². The number of hydrogen-bond acceptors (Lipinski definition) is 4. The topological polar surface area (TPSA) is 91.7 Å². The second kappa shape index (κ2) is 9.03. The number of carbonyl (C=O) groups excluding carboxylic acids is 2. The molecule has 4 aromatic rings. The third kappa shape index (κ3) is 4.10. The average molecular weight is 475 g/mol. The minimum absolute atomic E-state index is 0.0375. The predicted octanol–water partition coefficient (Wildman–Crippen LogP) is 4.01. The SMILES string of the molecule is CCOc1ccc(F)c(-c2ccc(C(N)=O)c3[nH]c4cc(C(=O)N5CCN(C)CC5)ccc4c23)c1. The minimum Gasteiger partial charge on any atom is -0.494 e. The lowest BCUT2D eigenvalue weighted by atomic mass is 9.96. The molecule has 0 saturated carbocycles. The van der Waals surface area contributed by atoms with E-state index in [2.05, 4.69) is 9.88 Å². The molecule has 0 unspecified atom stereocenters. The van der Waals surface area contributed by atoms with Crippen molar-refractivity contribution in [3.8, 4) is 16.9 Å². The zero-order valence-electron chi connectivity index (χ0n) is 19.7. The van der Waals surface area contributed by atoms with E-state index in [4.69, 9.17) is 10.5 Å². The summed E-state index contributed by atoms with van der Waals surface area (Å²) in [6.45, 7) is 5.33. The molecule has 1 aliphatic rings. The summed E-state index contributed by atoms with van der Waals surface area (Å²) in [6.07, 6.45) is 0. The molecule has 1 aliphatic heterocycles. The van der Waals surface area contributed by atoms with E-state index in [1.54, 1.807) is 36.4 Å². The first-order valence-electron chi connectivity index (χ1n) is 11.7. The van der Waals surface area contributed by atoms with Crippen molar-refractivity contribution >= 4 is 33.6 Å². The van der Waals surface area contributed by atoms with E-state index in [1.807, 2.05) is 24.9 Å². The monoisotopic (exact) mass is 474 g/mol. The Labute approximate surface area is 202 Å². The van der Waals surface area contributed by atoms with E-state index < -0.39 is 11.7 Å². The number of carbonyl (C=O) groups is 2. The molecule has 35 heavy (non-hydrogen) atoms. The maximum atomic E-state index is 15.0. The molecule has 2 amide bonds. The van der Waals surface area contributed by atoms with Gasteiger partial charge in [-0.15, -0.1) is 0 Å². The number of benzene rings is 3. The van der Waals surface area contributed by atoms with Crippen LogP contribution < -0.4 is 10.5 Å². The maximum absolute atomic E-state index is 15.0. The summed E-state index contributed by atoms with van der Waals surface area (Å²) < 4.78 is 20.6. The summed E-state index contributed by atoms with van der Waals surface area (Å²) in [6, 6.07) is 13.3. The number of amides is 2. The van der Waals surface area contributed by atoms with Gasteiger partial charge in [-0.05, 0) is 55.9 Å². The molecular formula is C27H27FN4O3. The van der Waals surface area contributed by atoms with Crippen LogP contribution in [0.4, 0.5) is 4.39 Å². The average Bonchev–Trinajstić information content (AvgIpc) is 3.23.